The highest BCUT2D eigenvalue weighted by molar-refractivity contribution is 6.61. The lowest BCUT2D eigenvalue weighted by molar-refractivity contribution is 0.102. The van der Waals surface area contributed by atoms with Crippen molar-refractivity contribution in [1.82, 2.24) is 15.0 Å². The molecule has 0 radical (unpaired) electrons. The second-order valence-corrected chi connectivity index (χ2v) is 6.20. The third-order valence-corrected chi connectivity index (χ3v) is 4.49. The number of para-hydroxylation sites is 1. The molecule has 2 N–H and O–H groups in total. The molecule has 130 valence electrons. The van der Waals surface area contributed by atoms with E-state index in [-0.39, 0.29) is 17.7 Å². The van der Waals surface area contributed by atoms with Gasteiger partial charge in [-0.3, -0.25) is 4.79 Å². The number of anilines is 1. The summed E-state index contributed by atoms with van der Waals surface area (Å²) >= 11 is 0. The Kier molecular flexibility index (Phi) is 4.06. The van der Waals surface area contributed by atoms with Crippen LogP contribution in [0.1, 0.15) is 34.8 Å². The lowest BCUT2D eigenvalue weighted by atomic mass is 9.79. The van der Waals surface area contributed by atoms with E-state index < -0.39 is 7.12 Å². The molecule has 1 amide bonds. The van der Waals surface area contributed by atoms with Crippen molar-refractivity contribution in [2.24, 2.45) is 0 Å². The van der Waals surface area contributed by atoms with E-state index in [9.17, 15) is 9.82 Å². The van der Waals surface area contributed by atoms with Gasteiger partial charge in [-0.2, -0.15) is 0 Å². The molecule has 26 heavy (non-hydrogen) atoms. The Morgan fingerprint density at radius 3 is 2.81 bits per heavy atom. The summed E-state index contributed by atoms with van der Waals surface area (Å²) < 4.78 is 6.99. The summed E-state index contributed by atoms with van der Waals surface area (Å²) in [5.74, 6) is -0.355. The van der Waals surface area contributed by atoms with Crippen molar-refractivity contribution in [2.45, 2.75) is 20.0 Å². The molecule has 0 aliphatic carbocycles. The van der Waals surface area contributed by atoms with Crippen LogP contribution in [-0.4, -0.2) is 33.0 Å². The SMILES string of the molecule is Cc1c(C(=O)Nc2ccc3c(c2)B(O)OC3C)nnn1-c1ccccc1. The number of nitrogens with one attached hydrogen (secondary N) is 1. The molecular formula is C18H17BN4O3. The van der Waals surface area contributed by atoms with Gasteiger partial charge in [-0.15, -0.1) is 5.10 Å². The molecule has 1 unspecified atom stereocenters. The first kappa shape index (κ1) is 16.5. The summed E-state index contributed by atoms with van der Waals surface area (Å²) in [5.41, 5.74) is 3.88. The fraction of sp³-hybridized carbons (Fsp3) is 0.167. The fourth-order valence-electron chi connectivity index (χ4n) is 3.12. The molecule has 3 aromatic rings. The molecule has 0 saturated carbocycles. The van der Waals surface area contributed by atoms with Crippen molar-refractivity contribution in [3.05, 3.63) is 65.5 Å². The monoisotopic (exact) mass is 348 g/mol. The number of carbonyl (C=O) groups is 1. The number of nitrogens with zero attached hydrogens (tertiary/aromatic N) is 3. The van der Waals surface area contributed by atoms with Gasteiger partial charge in [-0.25, -0.2) is 4.68 Å². The standard InChI is InChI=1S/C18H17BN4O3/c1-11-17(21-22-23(11)14-6-4-3-5-7-14)18(24)20-13-8-9-15-12(2)26-19(25)16(15)10-13/h3-10,12,25H,1-2H3,(H,20,24). The number of hydrogen-bond donors (Lipinski definition) is 2. The van der Waals surface area contributed by atoms with Crippen LogP contribution in [0.25, 0.3) is 5.69 Å². The first-order valence-corrected chi connectivity index (χ1v) is 8.31. The minimum atomic E-state index is -0.974. The number of benzene rings is 2. The predicted octanol–water partition coefficient (Wildman–Crippen LogP) is 1.61. The van der Waals surface area contributed by atoms with Gasteiger partial charge in [-0.05, 0) is 49.1 Å². The molecule has 1 aliphatic rings. The quantitative estimate of drug-likeness (QED) is 0.702. The van der Waals surface area contributed by atoms with E-state index in [4.69, 9.17) is 4.65 Å². The van der Waals surface area contributed by atoms with Crippen LogP contribution in [-0.2, 0) is 4.65 Å². The summed E-state index contributed by atoms with van der Waals surface area (Å²) in [6.45, 7) is 3.67. The van der Waals surface area contributed by atoms with Crippen LogP contribution < -0.4 is 10.8 Å². The van der Waals surface area contributed by atoms with Gasteiger partial charge in [0.05, 0.1) is 17.5 Å². The highest BCUT2D eigenvalue weighted by Crippen LogP contribution is 2.24. The van der Waals surface area contributed by atoms with Gasteiger partial charge >= 0.3 is 7.12 Å². The molecule has 1 aromatic heterocycles. The minimum Gasteiger partial charge on any atom is -0.423 e. The average molecular weight is 348 g/mol. The Morgan fingerprint density at radius 1 is 1.27 bits per heavy atom. The van der Waals surface area contributed by atoms with Crippen molar-refractivity contribution in [3.63, 3.8) is 0 Å². The average Bonchev–Trinajstić information content (AvgIpc) is 3.16. The van der Waals surface area contributed by atoms with Crippen LogP contribution in [0.15, 0.2) is 48.5 Å². The van der Waals surface area contributed by atoms with Crippen molar-refractivity contribution >= 4 is 24.2 Å². The number of rotatable bonds is 3. The zero-order valence-corrected chi connectivity index (χ0v) is 14.4. The van der Waals surface area contributed by atoms with Gasteiger partial charge in [-0.1, -0.05) is 29.5 Å². The van der Waals surface area contributed by atoms with E-state index in [0.717, 1.165) is 11.3 Å². The van der Waals surface area contributed by atoms with Crippen LogP contribution in [0.3, 0.4) is 0 Å². The zero-order chi connectivity index (χ0) is 18.3. The maximum absolute atomic E-state index is 12.6. The molecule has 2 heterocycles. The molecule has 1 aliphatic heterocycles. The van der Waals surface area contributed by atoms with Crippen molar-refractivity contribution < 1.29 is 14.5 Å². The van der Waals surface area contributed by atoms with Crippen LogP contribution in [0, 0.1) is 6.92 Å². The molecule has 2 aromatic carbocycles. The second kappa shape index (κ2) is 6.40. The molecule has 4 rings (SSSR count). The lowest BCUT2D eigenvalue weighted by Crippen LogP contribution is -2.28. The molecule has 7 nitrogen and oxygen atoms in total. The minimum absolute atomic E-state index is 0.169. The summed E-state index contributed by atoms with van der Waals surface area (Å²) in [6.07, 6.45) is -0.169. The number of hydrogen-bond acceptors (Lipinski definition) is 5. The summed E-state index contributed by atoms with van der Waals surface area (Å²) in [5, 5.41) is 20.8. The van der Waals surface area contributed by atoms with E-state index >= 15 is 0 Å². The van der Waals surface area contributed by atoms with E-state index in [0.29, 0.717) is 16.8 Å². The van der Waals surface area contributed by atoms with E-state index in [1.54, 1.807) is 23.7 Å². The predicted molar refractivity (Wildman–Crippen MR) is 97.6 cm³/mol. The van der Waals surface area contributed by atoms with Gasteiger partial charge in [0, 0.05) is 5.69 Å². The van der Waals surface area contributed by atoms with E-state index in [1.165, 1.54) is 0 Å². The van der Waals surface area contributed by atoms with Crippen molar-refractivity contribution in [2.75, 3.05) is 5.32 Å². The van der Waals surface area contributed by atoms with Crippen LogP contribution in [0.4, 0.5) is 5.69 Å². The fourth-order valence-corrected chi connectivity index (χ4v) is 3.12. The first-order valence-electron chi connectivity index (χ1n) is 8.31. The van der Waals surface area contributed by atoms with Crippen molar-refractivity contribution in [1.29, 1.82) is 0 Å². The smallest absolute Gasteiger partial charge is 0.423 e. The molecule has 1 atom stereocenters. The summed E-state index contributed by atoms with van der Waals surface area (Å²) in [4.78, 5) is 12.6. The number of aromatic nitrogens is 3. The highest BCUT2D eigenvalue weighted by atomic mass is 16.5. The lowest BCUT2D eigenvalue weighted by Gasteiger charge is -2.08. The largest absolute Gasteiger partial charge is 0.492 e. The topological polar surface area (TPSA) is 89.3 Å². The Hall–Kier alpha value is -2.97. The van der Waals surface area contributed by atoms with Gasteiger partial charge in [0.25, 0.3) is 5.91 Å². The van der Waals surface area contributed by atoms with Gasteiger partial charge in [0.15, 0.2) is 5.69 Å². The second-order valence-electron chi connectivity index (χ2n) is 6.20. The maximum atomic E-state index is 12.6. The number of fused-ring (bicyclic) bond motifs is 1. The zero-order valence-electron chi connectivity index (χ0n) is 14.4. The molecule has 0 spiro atoms. The molecule has 0 saturated heterocycles. The van der Waals surface area contributed by atoms with Gasteiger partial charge < -0.3 is 15.0 Å². The van der Waals surface area contributed by atoms with E-state index in [2.05, 4.69) is 15.6 Å². The van der Waals surface area contributed by atoms with Crippen molar-refractivity contribution in [3.8, 4) is 5.69 Å². The Balaban J connectivity index is 1.58. The highest BCUT2D eigenvalue weighted by Gasteiger charge is 2.32. The van der Waals surface area contributed by atoms with Crippen LogP contribution in [0.2, 0.25) is 0 Å². The normalized spacial score (nSPS) is 15.8. The van der Waals surface area contributed by atoms with Crippen LogP contribution >= 0.6 is 0 Å². The maximum Gasteiger partial charge on any atom is 0.492 e. The third kappa shape index (κ3) is 2.79. The number of amides is 1. The van der Waals surface area contributed by atoms with Gasteiger partial charge in [0.1, 0.15) is 0 Å². The number of carbonyl (C=O) groups excluding carboxylic acids is 1. The third-order valence-electron chi connectivity index (χ3n) is 4.49. The first-order chi connectivity index (χ1) is 12.5. The molecule has 0 fully saturated rings. The molecule has 0 bridgehead atoms. The Bertz CT molecular complexity index is 974. The van der Waals surface area contributed by atoms with Gasteiger partial charge in [0.2, 0.25) is 0 Å². The Morgan fingerprint density at radius 2 is 2.04 bits per heavy atom. The van der Waals surface area contributed by atoms with E-state index in [1.807, 2.05) is 43.3 Å². The Labute approximate surface area is 150 Å². The molecule has 8 heteroatoms. The summed E-state index contributed by atoms with van der Waals surface area (Å²) in [6, 6.07) is 14.8. The summed E-state index contributed by atoms with van der Waals surface area (Å²) in [7, 11) is -0.974. The van der Waals surface area contributed by atoms with Crippen LogP contribution in [0.5, 0.6) is 0 Å². The molecular weight excluding hydrogens is 331 g/mol.